The minimum Gasteiger partial charge on any atom is -0.357 e. The zero-order chi connectivity index (χ0) is 14.2. The van der Waals surface area contributed by atoms with Crippen LogP contribution in [-0.2, 0) is 9.59 Å². The van der Waals surface area contributed by atoms with Gasteiger partial charge in [-0.1, -0.05) is 0 Å². The molecule has 1 N–H and O–H groups in total. The summed E-state index contributed by atoms with van der Waals surface area (Å²) in [5, 5.41) is 13.4. The Morgan fingerprint density at radius 3 is 2.74 bits per heavy atom. The van der Waals surface area contributed by atoms with E-state index >= 15 is 0 Å². The number of nitrogens with zero attached hydrogens (tertiary/aromatic N) is 3. The zero-order valence-corrected chi connectivity index (χ0v) is 11.4. The van der Waals surface area contributed by atoms with Crippen molar-refractivity contribution in [3.8, 4) is 0 Å². The topological polar surface area (TPSA) is 105 Å². The number of pyridine rings is 1. The van der Waals surface area contributed by atoms with Gasteiger partial charge in [-0.05, 0) is 15.9 Å². The molecule has 1 atom stereocenters. The molecule has 0 bridgehead atoms. The van der Waals surface area contributed by atoms with E-state index in [1.165, 1.54) is 13.1 Å². The molecule has 1 unspecified atom stereocenters. The van der Waals surface area contributed by atoms with Gasteiger partial charge in [-0.2, -0.15) is 0 Å². The van der Waals surface area contributed by atoms with Crippen LogP contribution >= 0.6 is 15.9 Å². The Hall–Kier alpha value is -2.03. The van der Waals surface area contributed by atoms with E-state index in [0.717, 1.165) is 11.1 Å². The molecule has 2 amide bonds. The van der Waals surface area contributed by atoms with Gasteiger partial charge in [0.25, 0.3) is 11.6 Å². The van der Waals surface area contributed by atoms with Gasteiger partial charge >= 0.3 is 0 Å². The molecule has 0 aromatic carbocycles. The Morgan fingerprint density at radius 1 is 1.58 bits per heavy atom. The molecule has 1 saturated heterocycles. The average Bonchev–Trinajstić information content (AvgIpc) is 2.59. The maximum absolute atomic E-state index is 11.7. The molecule has 1 aliphatic heterocycles. The van der Waals surface area contributed by atoms with Gasteiger partial charge in [0, 0.05) is 13.1 Å². The van der Waals surface area contributed by atoms with Crippen LogP contribution in [0.15, 0.2) is 16.7 Å². The fourth-order valence-corrected chi connectivity index (χ4v) is 2.12. The quantitative estimate of drug-likeness (QED) is 0.502. The van der Waals surface area contributed by atoms with Crippen molar-refractivity contribution < 1.29 is 14.5 Å². The molecule has 1 fully saturated rings. The summed E-state index contributed by atoms with van der Waals surface area (Å²) in [6, 6.07) is 0.586. The molecule has 1 aromatic heterocycles. The number of carbonyl (C=O) groups is 2. The fourth-order valence-electron chi connectivity index (χ4n) is 1.67. The van der Waals surface area contributed by atoms with Crippen LogP contribution in [0.5, 0.6) is 0 Å². The highest BCUT2D eigenvalue weighted by atomic mass is 79.9. The third kappa shape index (κ3) is 2.55. The highest BCUT2D eigenvalue weighted by Gasteiger charge is 2.36. The Balaban J connectivity index is 2.19. The van der Waals surface area contributed by atoms with Crippen LogP contribution in [0.4, 0.5) is 11.5 Å². The molecule has 0 saturated carbocycles. The molecule has 100 valence electrons. The fraction of sp³-hybridized carbons (Fsp3) is 0.300. The van der Waals surface area contributed by atoms with Gasteiger partial charge in [-0.25, -0.2) is 4.98 Å². The zero-order valence-electron chi connectivity index (χ0n) is 9.79. The summed E-state index contributed by atoms with van der Waals surface area (Å²) in [7, 11) is 1.41. The summed E-state index contributed by atoms with van der Waals surface area (Å²) in [5.74, 6) is -0.343. The Morgan fingerprint density at radius 2 is 2.26 bits per heavy atom. The molecular formula is C10H9BrN4O4. The number of imide groups is 1. The van der Waals surface area contributed by atoms with Crippen molar-refractivity contribution >= 4 is 39.2 Å². The van der Waals surface area contributed by atoms with Crippen molar-refractivity contribution in [2.45, 2.75) is 12.5 Å². The summed E-state index contributed by atoms with van der Waals surface area (Å²) < 4.78 is 0.358. The Kier molecular flexibility index (Phi) is 3.47. The number of hydrogen-bond acceptors (Lipinski definition) is 6. The van der Waals surface area contributed by atoms with E-state index in [-0.39, 0.29) is 29.7 Å². The number of nitrogens with one attached hydrogen (secondary N) is 1. The molecular weight excluding hydrogens is 320 g/mol. The highest BCUT2D eigenvalue weighted by Crippen LogP contribution is 2.26. The lowest BCUT2D eigenvalue weighted by atomic mass is 10.2. The predicted molar refractivity (Wildman–Crippen MR) is 68.4 cm³/mol. The van der Waals surface area contributed by atoms with E-state index in [1.54, 1.807) is 0 Å². The lowest BCUT2D eigenvalue weighted by Crippen LogP contribution is -2.32. The first-order valence-electron chi connectivity index (χ1n) is 5.27. The lowest BCUT2D eigenvalue weighted by molar-refractivity contribution is -0.385. The second-order valence-corrected chi connectivity index (χ2v) is 4.83. The molecule has 0 aliphatic carbocycles. The molecule has 0 radical (unpaired) electrons. The molecule has 1 aliphatic rings. The monoisotopic (exact) mass is 328 g/mol. The summed E-state index contributed by atoms with van der Waals surface area (Å²) in [6.45, 7) is 0. The minimum absolute atomic E-state index is 0.0421. The van der Waals surface area contributed by atoms with Gasteiger partial charge in [0.1, 0.15) is 18.1 Å². The number of nitro groups is 1. The van der Waals surface area contributed by atoms with Crippen molar-refractivity contribution in [1.29, 1.82) is 0 Å². The predicted octanol–water partition coefficient (Wildman–Crippen LogP) is 0.921. The molecule has 8 nitrogen and oxygen atoms in total. The van der Waals surface area contributed by atoms with E-state index in [9.17, 15) is 19.7 Å². The van der Waals surface area contributed by atoms with Gasteiger partial charge in [-0.3, -0.25) is 24.6 Å². The summed E-state index contributed by atoms with van der Waals surface area (Å²) in [4.78, 5) is 38.0. The number of likely N-dealkylation sites (tertiary alicyclic amines) is 1. The molecule has 0 spiro atoms. The molecule has 19 heavy (non-hydrogen) atoms. The normalized spacial score (nSPS) is 18.8. The number of carbonyl (C=O) groups excluding carboxylic acids is 2. The number of likely N-dealkylation sites (N-methyl/N-ethyl adjacent to an activating group) is 1. The summed E-state index contributed by atoms with van der Waals surface area (Å²) >= 11 is 3.13. The van der Waals surface area contributed by atoms with E-state index in [4.69, 9.17) is 0 Å². The molecule has 9 heteroatoms. The number of aromatic nitrogens is 1. The van der Waals surface area contributed by atoms with E-state index in [2.05, 4.69) is 26.2 Å². The van der Waals surface area contributed by atoms with Gasteiger partial charge in [-0.15, -0.1) is 0 Å². The molecule has 2 heterocycles. The van der Waals surface area contributed by atoms with E-state index < -0.39 is 11.0 Å². The molecule has 2 rings (SSSR count). The van der Waals surface area contributed by atoms with Crippen LogP contribution < -0.4 is 5.32 Å². The van der Waals surface area contributed by atoms with Gasteiger partial charge in [0.2, 0.25) is 5.91 Å². The lowest BCUT2D eigenvalue weighted by Gasteiger charge is -2.12. The van der Waals surface area contributed by atoms with E-state index in [0.29, 0.717) is 4.47 Å². The Bertz CT molecular complexity index is 577. The maximum atomic E-state index is 11.7. The molecule has 1 aromatic rings. The first-order valence-corrected chi connectivity index (χ1v) is 6.06. The second kappa shape index (κ2) is 4.92. The summed E-state index contributed by atoms with van der Waals surface area (Å²) in [5.41, 5.74) is -0.164. The van der Waals surface area contributed by atoms with Crippen LogP contribution in [0.1, 0.15) is 6.42 Å². The van der Waals surface area contributed by atoms with Crippen molar-refractivity contribution in [3.05, 3.63) is 26.9 Å². The second-order valence-electron chi connectivity index (χ2n) is 3.97. The van der Waals surface area contributed by atoms with Crippen molar-refractivity contribution in [2.75, 3.05) is 12.4 Å². The van der Waals surface area contributed by atoms with Crippen molar-refractivity contribution in [3.63, 3.8) is 0 Å². The van der Waals surface area contributed by atoms with Crippen LogP contribution in [-0.4, -0.2) is 39.7 Å². The van der Waals surface area contributed by atoms with Crippen molar-refractivity contribution in [1.82, 2.24) is 9.88 Å². The van der Waals surface area contributed by atoms with Crippen LogP contribution in [0.3, 0.4) is 0 Å². The minimum atomic E-state index is -0.692. The number of halogens is 1. The van der Waals surface area contributed by atoms with Gasteiger partial charge in [0.05, 0.1) is 15.8 Å². The third-order valence-electron chi connectivity index (χ3n) is 2.73. The highest BCUT2D eigenvalue weighted by molar-refractivity contribution is 9.10. The van der Waals surface area contributed by atoms with Crippen LogP contribution in [0.25, 0.3) is 0 Å². The SMILES string of the molecule is CN1C(=O)CC(Nc2ncc([N+](=O)[O-])cc2Br)C1=O. The first-order chi connectivity index (χ1) is 8.90. The number of rotatable bonds is 3. The van der Waals surface area contributed by atoms with Gasteiger partial charge < -0.3 is 5.32 Å². The summed E-state index contributed by atoms with van der Waals surface area (Å²) in [6.07, 6.45) is 1.12. The maximum Gasteiger partial charge on any atom is 0.288 e. The van der Waals surface area contributed by atoms with E-state index in [1.807, 2.05) is 0 Å². The first kappa shape index (κ1) is 13.4. The number of anilines is 1. The standard InChI is InChI=1S/C10H9BrN4O4/c1-14-8(16)3-7(10(14)17)13-9-6(11)2-5(4-12-9)15(18)19/h2,4,7H,3H2,1H3,(H,12,13). The largest absolute Gasteiger partial charge is 0.357 e. The van der Waals surface area contributed by atoms with Crippen LogP contribution in [0, 0.1) is 10.1 Å². The third-order valence-corrected chi connectivity index (χ3v) is 3.33. The number of hydrogen-bond donors (Lipinski definition) is 1. The smallest absolute Gasteiger partial charge is 0.288 e. The van der Waals surface area contributed by atoms with Crippen molar-refractivity contribution in [2.24, 2.45) is 0 Å². The number of amides is 2. The Labute approximate surface area is 116 Å². The van der Waals surface area contributed by atoms with Crippen LogP contribution in [0.2, 0.25) is 0 Å². The average molecular weight is 329 g/mol. The van der Waals surface area contributed by atoms with Gasteiger partial charge in [0.15, 0.2) is 0 Å².